The minimum Gasteiger partial charge on any atom is -0.478 e. The zero-order chi connectivity index (χ0) is 15.0. The molecule has 0 saturated carbocycles. The van der Waals surface area contributed by atoms with Crippen LogP contribution in [0.4, 0.5) is 18.9 Å². The molecule has 0 aromatic heterocycles. The number of carbonyl (C=O) groups is 1. The second kappa shape index (κ2) is 5.32. The Bertz CT molecular complexity index is 540. The van der Waals surface area contributed by atoms with Crippen LogP contribution in [0.3, 0.4) is 0 Å². The molecule has 1 aliphatic heterocycles. The third-order valence-corrected chi connectivity index (χ3v) is 3.10. The van der Waals surface area contributed by atoms with Crippen LogP contribution in [-0.4, -0.2) is 36.4 Å². The average Bonchev–Trinajstić information content (AvgIpc) is 2.32. The highest BCUT2D eigenvalue weighted by atomic mass is 19.2. The third-order valence-electron chi connectivity index (χ3n) is 3.10. The van der Waals surface area contributed by atoms with E-state index in [0.29, 0.717) is 6.07 Å². The molecule has 1 heterocycles. The van der Waals surface area contributed by atoms with E-state index in [9.17, 15) is 18.0 Å². The Labute approximate surface area is 113 Å². The van der Waals surface area contributed by atoms with Gasteiger partial charge in [-0.15, -0.1) is 0 Å². The first-order valence-corrected chi connectivity index (χ1v) is 6.12. The van der Waals surface area contributed by atoms with E-state index in [0.717, 1.165) is 0 Å². The van der Waals surface area contributed by atoms with Gasteiger partial charge in [-0.1, -0.05) is 0 Å². The van der Waals surface area contributed by atoms with Crippen molar-refractivity contribution >= 4 is 11.7 Å². The van der Waals surface area contributed by atoms with Crippen LogP contribution < -0.4 is 4.90 Å². The van der Waals surface area contributed by atoms with Gasteiger partial charge in [0.05, 0.1) is 12.2 Å². The summed E-state index contributed by atoms with van der Waals surface area (Å²) in [5.74, 6) is -5.84. The monoisotopic (exact) mass is 289 g/mol. The van der Waals surface area contributed by atoms with Gasteiger partial charge in [0.15, 0.2) is 17.5 Å². The fourth-order valence-electron chi connectivity index (χ4n) is 2.39. The van der Waals surface area contributed by atoms with Crippen molar-refractivity contribution in [3.05, 3.63) is 29.1 Å². The van der Waals surface area contributed by atoms with E-state index in [1.165, 1.54) is 4.90 Å². The number of nitrogens with zero attached hydrogens (tertiary/aromatic N) is 1. The second-order valence-electron chi connectivity index (χ2n) is 4.85. The summed E-state index contributed by atoms with van der Waals surface area (Å²) in [5, 5.41) is 8.69. The lowest BCUT2D eigenvalue weighted by Gasteiger charge is -2.37. The lowest BCUT2D eigenvalue weighted by molar-refractivity contribution is -0.00563. The number of hydrogen-bond donors (Lipinski definition) is 1. The van der Waals surface area contributed by atoms with Crippen LogP contribution in [0.15, 0.2) is 6.07 Å². The van der Waals surface area contributed by atoms with Gasteiger partial charge in [0.2, 0.25) is 0 Å². The molecule has 0 aliphatic carbocycles. The molecule has 4 nitrogen and oxygen atoms in total. The molecule has 1 saturated heterocycles. The Balaban J connectivity index is 2.47. The molecule has 1 aromatic rings. The molecule has 0 unspecified atom stereocenters. The van der Waals surface area contributed by atoms with Crippen molar-refractivity contribution in [3.8, 4) is 0 Å². The average molecular weight is 289 g/mol. The first kappa shape index (κ1) is 14.6. The zero-order valence-corrected chi connectivity index (χ0v) is 11.0. The van der Waals surface area contributed by atoms with Crippen LogP contribution in [0.5, 0.6) is 0 Å². The van der Waals surface area contributed by atoms with Gasteiger partial charge >= 0.3 is 5.97 Å². The Morgan fingerprint density at radius 2 is 1.80 bits per heavy atom. The van der Waals surface area contributed by atoms with Gasteiger partial charge < -0.3 is 14.7 Å². The van der Waals surface area contributed by atoms with Gasteiger partial charge in [0.1, 0.15) is 11.3 Å². The molecular formula is C13H14F3NO3. The maximum atomic E-state index is 14.0. The number of anilines is 1. The van der Waals surface area contributed by atoms with Crippen LogP contribution >= 0.6 is 0 Å². The zero-order valence-electron chi connectivity index (χ0n) is 11.0. The second-order valence-corrected chi connectivity index (χ2v) is 4.85. The van der Waals surface area contributed by atoms with Crippen molar-refractivity contribution in [2.75, 3.05) is 18.0 Å². The summed E-state index contributed by atoms with van der Waals surface area (Å²) in [6.07, 6.45) is -0.528. The molecule has 2 rings (SSSR count). The fraction of sp³-hybridized carbons (Fsp3) is 0.462. The quantitative estimate of drug-likeness (QED) is 0.849. The number of morpholine rings is 1. The van der Waals surface area contributed by atoms with Crippen LogP contribution in [0.2, 0.25) is 0 Å². The largest absolute Gasteiger partial charge is 0.478 e. The van der Waals surface area contributed by atoms with Crippen LogP contribution in [0, 0.1) is 17.5 Å². The molecule has 0 amide bonds. The van der Waals surface area contributed by atoms with E-state index in [1.54, 1.807) is 13.8 Å². The molecule has 2 atom stereocenters. The Kier molecular flexibility index (Phi) is 3.89. The van der Waals surface area contributed by atoms with Crippen LogP contribution in [0.1, 0.15) is 24.2 Å². The Morgan fingerprint density at radius 3 is 2.30 bits per heavy atom. The molecular weight excluding hydrogens is 275 g/mol. The molecule has 0 radical (unpaired) electrons. The number of rotatable bonds is 2. The van der Waals surface area contributed by atoms with E-state index in [2.05, 4.69) is 0 Å². The van der Waals surface area contributed by atoms with Crippen molar-refractivity contribution in [1.82, 2.24) is 0 Å². The van der Waals surface area contributed by atoms with Crippen LogP contribution in [0.25, 0.3) is 0 Å². The van der Waals surface area contributed by atoms with E-state index in [4.69, 9.17) is 9.84 Å². The maximum Gasteiger partial charge on any atom is 0.338 e. The summed E-state index contributed by atoms with van der Waals surface area (Å²) >= 11 is 0. The standard InChI is InChI=1S/C13H14F3NO3/c1-6-4-17(5-7(2)20-6)12-9(14)3-8(13(18)19)10(15)11(12)16/h3,6-7H,4-5H2,1-2H3,(H,18,19)/t6-,7-/m0/s1. The highest BCUT2D eigenvalue weighted by Gasteiger charge is 2.30. The SMILES string of the molecule is C[C@H]1CN(c2c(F)cc(C(=O)O)c(F)c2F)C[C@H](C)O1. The predicted molar refractivity (Wildman–Crippen MR) is 65.5 cm³/mol. The van der Waals surface area contributed by atoms with Crippen molar-refractivity contribution < 1.29 is 27.8 Å². The highest BCUT2D eigenvalue weighted by molar-refractivity contribution is 5.88. The molecule has 1 N–H and O–H groups in total. The number of ether oxygens (including phenoxy) is 1. The normalized spacial score (nSPS) is 22.9. The molecule has 1 fully saturated rings. The number of halogens is 3. The number of hydrogen-bond acceptors (Lipinski definition) is 3. The lowest BCUT2D eigenvalue weighted by atomic mass is 10.1. The van der Waals surface area contributed by atoms with Gasteiger partial charge in [0.25, 0.3) is 0 Å². The van der Waals surface area contributed by atoms with Gasteiger partial charge in [-0.2, -0.15) is 0 Å². The predicted octanol–water partition coefficient (Wildman–Crippen LogP) is 2.42. The minimum absolute atomic E-state index is 0.198. The smallest absolute Gasteiger partial charge is 0.338 e. The van der Waals surface area contributed by atoms with Crippen molar-refractivity contribution in [2.24, 2.45) is 0 Å². The summed E-state index contributed by atoms with van der Waals surface area (Å²) in [5.41, 5.74) is -1.56. The Hall–Kier alpha value is -1.76. The molecule has 110 valence electrons. The molecule has 7 heteroatoms. The molecule has 0 bridgehead atoms. The first-order valence-electron chi connectivity index (χ1n) is 6.12. The number of carboxylic acids is 1. The first-order chi connectivity index (χ1) is 9.31. The van der Waals surface area contributed by atoms with E-state index in [1.807, 2.05) is 0 Å². The van der Waals surface area contributed by atoms with Gasteiger partial charge in [-0.05, 0) is 19.9 Å². The van der Waals surface area contributed by atoms with Crippen molar-refractivity contribution in [3.63, 3.8) is 0 Å². The summed E-state index contributed by atoms with van der Waals surface area (Å²) in [6, 6.07) is 0.501. The molecule has 1 aliphatic rings. The van der Waals surface area contributed by atoms with E-state index < -0.39 is 34.7 Å². The minimum atomic E-state index is -1.71. The number of benzene rings is 1. The van der Waals surface area contributed by atoms with Gasteiger partial charge in [0, 0.05) is 13.1 Å². The summed E-state index contributed by atoms with van der Waals surface area (Å²) < 4.78 is 47.0. The van der Waals surface area contributed by atoms with Crippen LogP contribution in [-0.2, 0) is 4.74 Å². The van der Waals surface area contributed by atoms with Gasteiger partial charge in [-0.25, -0.2) is 18.0 Å². The van der Waals surface area contributed by atoms with E-state index in [-0.39, 0.29) is 25.3 Å². The highest BCUT2D eigenvalue weighted by Crippen LogP contribution is 2.30. The fourth-order valence-corrected chi connectivity index (χ4v) is 2.39. The molecule has 20 heavy (non-hydrogen) atoms. The van der Waals surface area contributed by atoms with Crippen molar-refractivity contribution in [1.29, 1.82) is 0 Å². The van der Waals surface area contributed by atoms with Crippen molar-refractivity contribution in [2.45, 2.75) is 26.1 Å². The number of aromatic carboxylic acids is 1. The summed E-state index contributed by atoms with van der Waals surface area (Å²) in [7, 11) is 0. The van der Waals surface area contributed by atoms with E-state index >= 15 is 0 Å². The molecule has 1 aromatic carbocycles. The summed E-state index contributed by atoms with van der Waals surface area (Å²) in [4.78, 5) is 12.0. The molecule has 0 spiro atoms. The van der Waals surface area contributed by atoms with Gasteiger partial charge in [-0.3, -0.25) is 0 Å². The summed E-state index contributed by atoms with van der Waals surface area (Å²) in [6.45, 7) is 3.87. The third kappa shape index (κ3) is 2.58. The number of carboxylic acid groups (broad SMARTS) is 1. The lowest BCUT2D eigenvalue weighted by Crippen LogP contribution is -2.46. The maximum absolute atomic E-state index is 14.0. The Morgan fingerprint density at radius 1 is 1.25 bits per heavy atom. The topological polar surface area (TPSA) is 49.8 Å².